The van der Waals surface area contributed by atoms with Crippen LogP contribution in [0.15, 0.2) is 24.3 Å². The fraction of sp³-hybridized carbons (Fsp3) is 0.562. The Balaban J connectivity index is 2.13. The lowest BCUT2D eigenvalue weighted by molar-refractivity contribution is 0.0574. The second-order valence-electron chi connectivity index (χ2n) is 5.29. The lowest BCUT2D eigenvalue weighted by Crippen LogP contribution is -2.44. The Bertz CT molecular complexity index is 445. The number of nitrogens with zero attached hydrogens (tertiary/aromatic N) is 1. The number of benzene rings is 1. The van der Waals surface area contributed by atoms with Crippen LogP contribution in [0.1, 0.15) is 41.6 Å². The zero-order valence-electron chi connectivity index (χ0n) is 12.0. The fourth-order valence-corrected chi connectivity index (χ4v) is 2.84. The summed E-state index contributed by atoms with van der Waals surface area (Å²) in [4.78, 5) is 14.6. The lowest BCUT2D eigenvalue weighted by Gasteiger charge is -2.35. The molecular weight excluding hydrogens is 254 g/mol. The van der Waals surface area contributed by atoms with E-state index in [-0.39, 0.29) is 18.6 Å². The summed E-state index contributed by atoms with van der Waals surface area (Å²) in [6, 6.07) is 7.78. The molecule has 1 saturated heterocycles. The molecule has 2 rings (SSSR count). The van der Waals surface area contributed by atoms with Crippen LogP contribution in [0.4, 0.5) is 0 Å². The number of amides is 1. The summed E-state index contributed by atoms with van der Waals surface area (Å²) in [6.45, 7) is 1.44. The van der Waals surface area contributed by atoms with E-state index in [1.54, 1.807) is 7.11 Å². The molecule has 1 aromatic carbocycles. The van der Waals surface area contributed by atoms with Crippen molar-refractivity contribution in [1.29, 1.82) is 0 Å². The number of aliphatic hydroxyl groups is 1. The van der Waals surface area contributed by atoms with Crippen molar-refractivity contribution in [3.63, 3.8) is 0 Å². The molecule has 4 heteroatoms. The molecule has 0 saturated carbocycles. The van der Waals surface area contributed by atoms with Gasteiger partial charge in [0.2, 0.25) is 0 Å². The fourth-order valence-electron chi connectivity index (χ4n) is 2.84. The van der Waals surface area contributed by atoms with Gasteiger partial charge >= 0.3 is 0 Å². The number of hydrogen-bond acceptors (Lipinski definition) is 3. The highest BCUT2D eigenvalue weighted by molar-refractivity contribution is 5.94. The SMILES string of the molecule is COCc1cccc(C(=O)N2CCCC[C@@H]2CCO)c1. The van der Waals surface area contributed by atoms with E-state index >= 15 is 0 Å². The van der Waals surface area contributed by atoms with Crippen molar-refractivity contribution in [2.45, 2.75) is 38.3 Å². The molecule has 1 heterocycles. The molecule has 1 amide bonds. The van der Waals surface area contributed by atoms with E-state index < -0.39 is 0 Å². The Labute approximate surface area is 120 Å². The maximum absolute atomic E-state index is 12.6. The maximum Gasteiger partial charge on any atom is 0.254 e. The van der Waals surface area contributed by atoms with E-state index in [1.807, 2.05) is 29.2 Å². The van der Waals surface area contributed by atoms with Crippen LogP contribution < -0.4 is 0 Å². The minimum atomic E-state index is 0.0705. The van der Waals surface area contributed by atoms with Gasteiger partial charge < -0.3 is 14.7 Å². The molecule has 1 aliphatic rings. The monoisotopic (exact) mass is 277 g/mol. The minimum Gasteiger partial charge on any atom is -0.396 e. The molecule has 4 nitrogen and oxygen atoms in total. The summed E-state index contributed by atoms with van der Waals surface area (Å²) >= 11 is 0. The minimum absolute atomic E-state index is 0.0705. The predicted octanol–water partition coefficient (Wildman–Crippen LogP) is 2.21. The van der Waals surface area contributed by atoms with Crippen LogP contribution in [0.5, 0.6) is 0 Å². The first-order chi connectivity index (χ1) is 9.76. The number of hydrogen-bond donors (Lipinski definition) is 1. The molecule has 20 heavy (non-hydrogen) atoms. The van der Waals surface area contributed by atoms with Crippen LogP contribution in [0.2, 0.25) is 0 Å². The third-order valence-corrected chi connectivity index (χ3v) is 3.84. The van der Waals surface area contributed by atoms with E-state index in [4.69, 9.17) is 9.84 Å². The Kier molecular flexibility index (Phi) is 5.56. The molecule has 0 aliphatic carbocycles. The van der Waals surface area contributed by atoms with E-state index in [1.165, 1.54) is 0 Å². The van der Waals surface area contributed by atoms with Gasteiger partial charge in [-0.2, -0.15) is 0 Å². The number of rotatable bonds is 5. The van der Waals surface area contributed by atoms with E-state index in [0.29, 0.717) is 18.6 Å². The molecule has 1 atom stereocenters. The number of carbonyl (C=O) groups excluding carboxylic acids is 1. The summed E-state index contributed by atoms with van der Waals surface area (Å²) in [7, 11) is 1.65. The summed E-state index contributed by atoms with van der Waals surface area (Å²) < 4.78 is 5.11. The first-order valence-electron chi connectivity index (χ1n) is 7.26. The van der Waals surface area contributed by atoms with Crippen molar-refractivity contribution in [2.75, 3.05) is 20.3 Å². The Morgan fingerprint density at radius 3 is 3.05 bits per heavy atom. The van der Waals surface area contributed by atoms with Gasteiger partial charge in [0, 0.05) is 31.9 Å². The number of carbonyl (C=O) groups is 1. The van der Waals surface area contributed by atoms with Crippen molar-refractivity contribution in [2.24, 2.45) is 0 Å². The highest BCUT2D eigenvalue weighted by Crippen LogP contribution is 2.22. The highest BCUT2D eigenvalue weighted by atomic mass is 16.5. The Hall–Kier alpha value is -1.39. The topological polar surface area (TPSA) is 49.8 Å². The van der Waals surface area contributed by atoms with Gasteiger partial charge in [-0.15, -0.1) is 0 Å². The van der Waals surface area contributed by atoms with Gasteiger partial charge in [0.1, 0.15) is 0 Å². The number of likely N-dealkylation sites (tertiary alicyclic amines) is 1. The van der Waals surface area contributed by atoms with Gasteiger partial charge in [0.25, 0.3) is 5.91 Å². The van der Waals surface area contributed by atoms with Gasteiger partial charge in [-0.3, -0.25) is 4.79 Å². The highest BCUT2D eigenvalue weighted by Gasteiger charge is 2.26. The standard InChI is InChI=1S/C16H23NO3/c1-20-12-13-5-4-6-14(11-13)16(19)17-9-3-2-7-15(17)8-10-18/h4-6,11,15,18H,2-3,7-10,12H2,1H3/t15-/m1/s1. The molecule has 0 radical (unpaired) electrons. The smallest absolute Gasteiger partial charge is 0.254 e. The van der Waals surface area contributed by atoms with Gasteiger partial charge in [0.15, 0.2) is 0 Å². The van der Waals surface area contributed by atoms with Crippen LogP contribution in [0, 0.1) is 0 Å². The average Bonchev–Trinajstić information content (AvgIpc) is 2.48. The van der Waals surface area contributed by atoms with Gasteiger partial charge in [0.05, 0.1) is 6.61 Å². The normalized spacial score (nSPS) is 19.1. The van der Waals surface area contributed by atoms with Crippen LogP contribution >= 0.6 is 0 Å². The number of aliphatic hydroxyl groups excluding tert-OH is 1. The predicted molar refractivity (Wildman–Crippen MR) is 77.5 cm³/mol. The van der Waals surface area contributed by atoms with Crippen LogP contribution in [-0.2, 0) is 11.3 Å². The van der Waals surface area contributed by atoms with Crippen molar-refractivity contribution in [3.8, 4) is 0 Å². The lowest BCUT2D eigenvalue weighted by atomic mass is 9.98. The molecule has 0 bridgehead atoms. The first kappa shape index (κ1) is 15.0. The van der Waals surface area contributed by atoms with E-state index in [0.717, 1.165) is 31.4 Å². The van der Waals surface area contributed by atoms with Gasteiger partial charge in [-0.05, 0) is 43.4 Å². The molecule has 1 N–H and O–H groups in total. The molecule has 1 aliphatic heterocycles. The molecule has 1 fully saturated rings. The summed E-state index contributed by atoms with van der Waals surface area (Å²) in [5.74, 6) is 0.0705. The summed E-state index contributed by atoms with van der Waals surface area (Å²) in [6.07, 6.45) is 3.84. The van der Waals surface area contributed by atoms with Crippen molar-refractivity contribution < 1.29 is 14.6 Å². The van der Waals surface area contributed by atoms with Crippen molar-refractivity contribution in [3.05, 3.63) is 35.4 Å². The van der Waals surface area contributed by atoms with Gasteiger partial charge in [-0.1, -0.05) is 12.1 Å². The number of methoxy groups -OCH3 is 1. The quantitative estimate of drug-likeness (QED) is 0.897. The van der Waals surface area contributed by atoms with Crippen LogP contribution in [0.3, 0.4) is 0 Å². The molecule has 1 aromatic rings. The average molecular weight is 277 g/mol. The van der Waals surface area contributed by atoms with Crippen LogP contribution in [0.25, 0.3) is 0 Å². The zero-order chi connectivity index (χ0) is 14.4. The first-order valence-corrected chi connectivity index (χ1v) is 7.26. The molecular formula is C16H23NO3. The maximum atomic E-state index is 12.6. The van der Waals surface area contributed by atoms with Crippen molar-refractivity contribution in [1.82, 2.24) is 4.90 Å². The second kappa shape index (κ2) is 7.41. The molecule has 0 spiro atoms. The molecule has 0 unspecified atom stereocenters. The third kappa shape index (κ3) is 3.58. The van der Waals surface area contributed by atoms with Crippen molar-refractivity contribution >= 4 is 5.91 Å². The van der Waals surface area contributed by atoms with E-state index in [2.05, 4.69) is 0 Å². The Morgan fingerprint density at radius 2 is 2.30 bits per heavy atom. The largest absolute Gasteiger partial charge is 0.396 e. The second-order valence-corrected chi connectivity index (χ2v) is 5.29. The molecule has 110 valence electrons. The van der Waals surface area contributed by atoms with Crippen LogP contribution in [-0.4, -0.2) is 42.2 Å². The van der Waals surface area contributed by atoms with E-state index in [9.17, 15) is 4.79 Å². The number of piperidine rings is 1. The Morgan fingerprint density at radius 1 is 1.45 bits per heavy atom. The zero-order valence-corrected chi connectivity index (χ0v) is 12.0. The number of ether oxygens (including phenoxy) is 1. The summed E-state index contributed by atoms with van der Waals surface area (Å²) in [5, 5.41) is 9.15. The summed E-state index contributed by atoms with van der Waals surface area (Å²) in [5.41, 5.74) is 1.72. The third-order valence-electron chi connectivity index (χ3n) is 3.84. The van der Waals surface area contributed by atoms with Gasteiger partial charge in [-0.25, -0.2) is 0 Å². The molecule has 0 aromatic heterocycles.